The average Bonchev–Trinajstić information content (AvgIpc) is 2.52. The molecule has 2 aromatic rings. The summed E-state index contributed by atoms with van der Waals surface area (Å²) in [5.74, 6) is 0. The largest absolute Gasteiger partial charge is 0.380 e. The third-order valence-electron chi connectivity index (χ3n) is 3.86. The van der Waals surface area contributed by atoms with Crippen LogP contribution in [0.2, 0.25) is 0 Å². The standard InChI is InChI=1S/C18H26N2O/c1-4-21-13-12-20(3)14-18(19-2)17-11-7-9-15-8-5-6-10-16(15)17/h5-11,18-19H,4,12-14H2,1-3H3. The van der Waals surface area contributed by atoms with Crippen LogP contribution in [0, 0.1) is 0 Å². The molecule has 1 atom stereocenters. The molecule has 1 N–H and O–H groups in total. The van der Waals surface area contributed by atoms with Crippen LogP contribution in [0.3, 0.4) is 0 Å². The maximum absolute atomic E-state index is 5.43. The van der Waals surface area contributed by atoms with Crippen molar-refractivity contribution in [2.45, 2.75) is 13.0 Å². The number of benzene rings is 2. The zero-order chi connectivity index (χ0) is 15.1. The maximum Gasteiger partial charge on any atom is 0.0593 e. The van der Waals surface area contributed by atoms with E-state index in [-0.39, 0.29) is 0 Å². The first-order valence-electron chi connectivity index (χ1n) is 7.67. The molecule has 114 valence electrons. The number of nitrogens with one attached hydrogen (secondary N) is 1. The molecule has 2 aromatic carbocycles. The number of ether oxygens (including phenoxy) is 1. The molecule has 3 nitrogen and oxygen atoms in total. The van der Waals surface area contributed by atoms with Gasteiger partial charge in [0, 0.05) is 25.7 Å². The number of hydrogen-bond acceptors (Lipinski definition) is 3. The second kappa shape index (κ2) is 8.13. The molecule has 3 heteroatoms. The Kier molecular flexibility index (Phi) is 6.18. The van der Waals surface area contributed by atoms with Gasteiger partial charge in [0.25, 0.3) is 0 Å². The van der Waals surface area contributed by atoms with Crippen molar-refractivity contribution in [2.75, 3.05) is 40.4 Å². The summed E-state index contributed by atoms with van der Waals surface area (Å²) in [7, 11) is 4.18. The molecule has 0 bridgehead atoms. The Morgan fingerprint density at radius 2 is 1.90 bits per heavy atom. The zero-order valence-electron chi connectivity index (χ0n) is 13.3. The molecule has 2 rings (SSSR count). The summed E-state index contributed by atoms with van der Waals surface area (Å²) in [5, 5.41) is 6.08. The monoisotopic (exact) mass is 286 g/mol. The predicted molar refractivity (Wildman–Crippen MR) is 89.7 cm³/mol. The van der Waals surface area contributed by atoms with Gasteiger partial charge in [-0.3, -0.25) is 0 Å². The van der Waals surface area contributed by atoms with Crippen LogP contribution in [0.5, 0.6) is 0 Å². The van der Waals surface area contributed by atoms with E-state index in [0.717, 1.165) is 26.3 Å². The molecule has 0 aliphatic heterocycles. The van der Waals surface area contributed by atoms with E-state index in [1.165, 1.54) is 16.3 Å². The van der Waals surface area contributed by atoms with Crippen LogP contribution >= 0.6 is 0 Å². The van der Waals surface area contributed by atoms with Gasteiger partial charge in [-0.2, -0.15) is 0 Å². The Labute approximate surface area is 127 Å². The third kappa shape index (κ3) is 4.27. The minimum absolute atomic E-state index is 0.322. The highest BCUT2D eigenvalue weighted by Crippen LogP contribution is 2.24. The Balaban J connectivity index is 2.12. The van der Waals surface area contributed by atoms with E-state index < -0.39 is 0 Å². The maximum atomic E-state index is 5.43. The summed E-state index contributed by atoms with van der Waals surface area (Å²) in [5.41, 5.74) is 1.36. The van der Waals surface area contributed by atoms with E-state index >= 15 is 0 Å². The van der Waals surface area contributed by atoms with E-state index in [4.69, 9.17) is 4.74 Å². The van der Waals surface area contributed by atoms with Gasteiger partial charge < -0.3 is 15.0 Å². The lowest BCUT2D eigenvalue weighted by atomic mass is 9.98. The van der Waals surface area contributed by atoms with Gasteiger partial charge >= 0.3 is 0 Å². The van der Waals surface area contributed by atoms with Crippen LogP contribution in [0.4, 0.5) is 0 Å². The summed E-state index contributed by atoms with van der Waals surface area (Å²) < 4.78 is 5.43. The Morgan fingerprint density at radius 3 is 2.67 bits per heavy atom. The summed E-state index contributed by atoms with van der Waals surface area (Å²) in [6.07, 6.45) is 0. The molecule has 0 saturated carbocycles. The van der Waals surface area contributed by atoms with E-state index in [9.17, 15) is 0 Å². The van der Waals surface area contributed by atoms with E-state index in [0.29, 0.717) is 6.04 Å². The molecule has 0 saturated heterocycles. The van der Waals surface area contributed by atoms with Crippen LogP contribution < -0.4 is 5.32 Å². The van der Waals surface area contributed by atoms with Crippen LogP contribution in [-0.2, 0) is 4.74 Å². The van der Waals surface area contributed by atoms with Crippen molar-refractivity contribution in [3.8, 4) is 0 Å². The molecule has 21 heavy (non-hydrogen) atoms. The van der Waals surface area contributed by atoms with Crippen molar-refractivity contribution in [1.29, 1.82) is 0 Å². The molecule has 0 fully saturated rings. The van der Waals surface area contributed by atoms with Crippen molar-refractivity contribution in [2.24, 2.45) is 0 Å². The molecule has 0 aliphatic carbocycles. The van der Waals surface area contributed by atoms with Crippen LogP contribution in [0.25, 0.3) is 10.8 Å². The Hall–Kier alpha value is -1.42. The molecular weight excluding hydrogens is 260 g/mol. The molecule has 0 aliphatic rings. The summed E-state index contributed by atoms with van der Waals surface area (Å²) in [6, 6.07) is 15.4. The first-order valence-corrected chi connectivity index (χ1v) is 7.67. The number of hydrogen-bond donors (Lipinski definition) is 1. The van der Waals surface area contributed by atoms with Crippen molar-refractivity contribution >= 4 is 10.8 Å². The lowest BCUT2D eigenvalue weighted by Gasteiger charge is -2.25. The highest BCUT2D eigenvalue weighted by atomic mass is 16.5. The number of rotatable bonds is 8. The molecule has 0 radical (unpaired) electrons. The van der Waals surface area contributed by atoms with Crippen molar-refractivity contribution in [3.63, 3.8) is 0 Å². The third-order valence-corrected chi connectivity index (χ3v) is 3.86. The Morgan fingerprint density at radius 1 is 1.14 bits per heavy atom. The molecule has 1 unspecified atom stereocenters. The fourth-order valence-electron chi connectivity index (χ4n) is 2.67. The molecule has 0 heterocycles. The fraction of sp³-hybridized carbons (Fsp3) is 0.444. The SMILES string of the molecule is CCOCCN(C)CC(NC)c1cccc2ccccc12. The second-order valence-electron chi connectivity index (χ2n) is 5.37. The molecule has 0 amide bonds. The predicted octanol–water partition coefficient (Wildman–Crippen LogP) is 3.07. The van der Waals surface area contributed by atoms with Crippen molar-refractivity contribution in [1.82, 2.24) is 10.2 Å². The average molecular weight is 286 g/mol. The van der Waals surface area contributed by atoms with E-state index in [1.54, 1.807) is 0 Å². The van der Waals surface area contributed by atoms with E-state index in [2.05, 4.69) is 59.7 Å². The van der Waals surface area contributed by atoms with Crippen LogP contribution in [-0.4, -0.2) is 45.3 Å². The minimum Gasteiger partial charge on any atom is -0.380 e. The minimum atomic E-state index is 0.322. The second-order valence-corrected chi connectivity index (χ2v) is 5.37. The van der Waals surface area contributed by atoms with Gasteiger partial charge in [0.1, 0.15) is 0 Å². The summed E-state index contributed by atoms with van der Waals surface area (Å²) >= 11 is 0. The van der Waals surface area contributed by atoms with Crippen LogP contribution in [0.1, 0.15) is 18.5 Å². The number of nitrogens with zero attached hydrogens (tertiary/aromatic N) is 1. The summed E-state index contributed by atoms with van der Waals surface area (Å²) in [4.78, 5) is 2.32. The van der Waals surface area contributed by atoms with Crippen molar-refractivity contribution < 1.29 is 4.74 Å². The first kappa shape index (κ1) is 16.0. The van der Waals surface area contributed by atoms with Crippen molar-refractivity contribution in [3.05, 3.63) is 48.0 Å². The Bertz CT molecular complexity index is 550. The van der Waals surface area contributed by atoms with Gasteiger partial charge in [-0.25, -0.2) is 0 Å². The van der Waals surface area contributed by atoms with Gasteiger partial charge in [0.2, 0.25) is 0 Å². The molecular formula is C18H26N2O. The highest BCUT2D eigenvalue weighted by molar-refractivity contribution is 5.86. The number of fused-ring (bicyclic) bond motifs is 1. The first-order chi connectivity index (χ1) is 10.3. The lowest BCUT2D eigenvalue weighted by molar-refractivity contribution is 0.119. The molecule has 0 aromatic heterocycles. The summed E-state index contributed by atoms with van der Waals surface area (Å²) in [6.45, 7) is 5.53. The quantitative estimate of drug-likeness (QED) is 0.755. The van der Waals surface area contributed by atoms with Crippen LogP contribution in [0.15, 0.2) is 42.5 Å². The normalized spacial score (nSPS) is 13.0. The van der Waals surface area contributed by atoms with Gasteiger partial charge in [0.15, 0.2) is 0 Å². The topological polar surface area (TPSA) is 24.5 Å². The molecule has 0 spiro atoms. The van der Waals surface area contributed by atoms with Gasteiger partial charge in [0.05, 0.1) is 6.61 Å². The smallest absolute Gasteiger partial charge is 0.0593 e. The zero-order valence-corrected chi connectivity index (χ0v) is 13.3. The van der Waals surface area contributed by atoms with Gasteiger partial charge in [-0.05, 0) is 37.4 Å². The van der Waals surface area contributed by atoms with E-state index in [1.807, 2.05) is 14.0 Å². The van der Waals surface area contributed by atoms with Gasteiger partial charge in [-0.15, -0.1) is 0 Å². The highest BCUT2D eigenvalue weighted by Gasteiger charge is 2.14. The lowest BCUT2D eigenvalue weighted by Crippen LogP contribution is -2.33. The fourth-order valence-corrected chi connectivity index (χ4v) is 2.67. The number of likely N-dealkylation sites (N-methyl/N-ethyl adjacent to an activating group) is 2. The van der Waals surface area contributed by atoms with Gasteiger partial charge in [-0.1, -0.05) is 42.5 Å².